The van der Waals surface area contributed by atoms with Crippen LogP contribution in [0.3, 0.4) is 0 Å². The summed E-state index contributed by atoms with van der Waals surface area (Å²) in [6.45, 7) is 4.59. The topological polar surface area (TPSA) is 237 Å². The molecule has 620 valence electrons. The summed E-state index contributed by atoms with van der Waals surface area (Å²) in [5, 5.41) is 10.7. The predicted molar refractivity (Wildman–Crippen MR) is 445 cm³/mol. The van der Waals surface area contributed by atoms with Gasteiger partial charge in [0.05, 0.1) is 26.4 Å². The highest BCUT2D eigenvalue weighted by atomic mass is 31.2. The van der Waals surface area contributed by atoms with E-state index in [9.17, 15) is 43.2 Å². The van der Waals surface area contributed by atoms with Gasteiger partial charge in [-0.15, -0.1) is 0 Å². The first-order valence-corrected chi connectivity index (χ1v) is 45.4. The largest absolute Gasteiger partial charge is 0.472 e. The van der Waals surface area contributed by atoms with Crippen molar-refractivity contribution in [2.75, 3.05) is 39.6 Å². The van der Waals surface area contributed by atoms with E-state index in [1.165, 1.54) is 83.5 Å². The Bertz CT molecular complexity index is 2560. The molecule has 0 heterocycles. The van der Waals surface area contributed by atoms with Crippen molar-refractivity contribution in [3.8, 4) is 0 Å². The molecular formula is C89H152O17P2. The Labute approximate surface area is 656 Å². The van der Waals surface area contributed by atoms with Gasteiger partial charge in [-0.05, 0) is 141 Å². The molecule has 5 unspecified atom stereocenters. The van der Waals surface area contributed by atoms with Gasteiger partial charge in [0.15, 0.2) is 12.2 Å². The number of carbonyl (C=O) groups excluding carboxylic acids is 4. The molecule has 3 N–H and O–H groups in total. The number of allylic oxidation sites excluding steroid dienone is 22. The highest BCUT2D eigenvalue weighted by molar-refractivity contribution is 7.47. The van der Waals surface area contributed by atoms with Crippen LogP contribution in [0.5, 0.6) is 0 Å². The first-order valence-electron chi connectivity index (χ1n) is 42.4. The van der Waals surface area contributed by atoms with Crippen LogP contribution in [-0.4, -0.2) is 96.7 Å². The van der Waals surface area contributed by atoms with E-state index in [1.807, 2.05) is 0 Å². The van der Waals surface area contributed by atoms with Gasteiger partial charge in [0.2, 0.25) is 0 Å². The van der Waals surface area contributed by atoms with E-state index in [1.54, 1.807) is 0 Å². The molecule has 0 aliphatic rings. The third-order valence-electron chi connectivity index (χ3n) is 17.6. The molecular weight excluding hydrogens is 1400 g/mol. The van der Waals surface area contributed by atoms with Crippen LogP contribution < -0.4 is 0 Å². The third-order valence-corrected chi connectivity index (χ3v) is 19.5. The first kappa shape index (κ1) is 103. The Morgan fingerprint density at radius 2 is 0.481 bits per heavy atom. The first-order chi connectivity index (χ1) is 52.7. The standard InChI is InChI=1S/C89H152O17P2/c1-5-9-13-17-21-25-29-33-37-39-41-43-47-49-53-57-61-65-69-73-86(91)99-79-84(105-88(93)75-71-67-63-59-55-51-45-35-31-27-23-19-15-11-7-3)81-103-107(95,96)101-77-83(90)78-102-108(97,98)104-82-85(106-89(94)76-72-68-64-60-56-52-46-36-32-28-24-20-16-12-8-4)80-100-87(92)74-70-66-62-58-54-50-48-44-42-40-38-34-30-26-22-18-14-10-6-2/h9,11,13,15,21-23,25-27,33-35,37-38,41-45,55,59,83-85,90H,5-8,10,12,14,16-20,24,28-32,36,39-40,46-54,56-58,60-82H2,1-4H3,(H,95,96)(H,97,98)/b13-9-,15-11-,25-21-,26-22-,27-23-,37-33-,38-34-,43-41-,44-42-,45-35-,59-55-. The number of aliphatic hydroxyl groups excluding tert-OH is 1. The van der Waals surface area contributed by atoms with Crippen LogP contribution in [-0.2, 0) is 65.4 Å². The monoisotopic (exact) mass is 1560 g/mol. The highest BCUT2D eigenvalue weighted by Crippen LogP contribution is 2.45. The van der Waals surface area contributed by atoms with Crippen LogP contribution in [0.25, 0.3) is 0 Å². The molecule has 0 aromatic carbocycles. The van der Waals surface area contributed by atoms with Gasteiger partial charge in [-0.3, -0.25) is 37.3 Å². The average molecular weight is 1560 g/mol. The van der Waals surface area contributed by atoms with Crippen molar-refractivity contribution in [2.24, 2.45) is 0 Å². The Balaban J connectivity index is 5.40. The van der Waals surface area contributed by atoms with E-state index in [-0.39, 0.29) is 25.7 Å². The van der Waals surface area contributed by atoms with E-state index < -0.39 is 97.5 Å². The lowest BCUT2D eigenvalue weighted by Crippen LogP contribution is -2.30. The molecule has 17 nitrogen and oxygen atoms in total. The predicted octanol–water partition coefficient (Wildman–Crippen LogP) is 25.2. The molecule has 19 heteroatoms. The van der Waals surface area contributed by atoms with Gasteiger partial charge in [0.25, 0.3) is 0 Å². The second kappa shape index (κ2) is 80.3. The Morgan fingerprint density at radius 1 is 0.269 bits per heavy atom. The van der Waals surface area contributed by atoms with Crippen LogP contribution >= 0.6 is 15.6 Å². The highest BCUT2D eigenvalue weighted by Gasteiger charge is 2.30. The number of hydrogen-bond donors (Lipinski definition) is 3. The molecule has 0 aliphatic carbocycles. The molecule has 0 saturated heterocycles. The fourth-order valence-corrected chi connectivity index (χ4v) is 12.8. The van der Waals surface area contributed by atoms with Crippen LogP contribution in [0, 0.1) is 0 Å². The van der Waals surface area contributed by atoms with E-state index in [0.29, 0.717) is 32.1 Å². The summed E-state index contributed by atoms with van der Waals surface area (Å²) in [6, 6.07) is 0. The quantitative estimate of drug-likeness (QED) is 0.0169. The minimum atomic E-state index is -5.00. The molecule has 0 spiro atoms. The second-order valence-corrected chi connectivity index (χ2v) is 30.9. The van der Waals surface area contributed by atoms with E-state index in [4.69, 9.17) is 37.0 Å². The molecule has 0 saturated carbocycles. The molecule has 0 aliphatic heterocycles. The molecule has 0 radical (unpaired) electrons. The van der Waals surface area contributed by atoms with Crippen molar-refractivity contribution in [3.63, 3.8) is 0 Å². The van der Waals surface area contributed by atoms with Crippen LogP contribution in [0.1, 0.15) is 349 Å². The lowest BCUT2D eigenvalue weighted by molar-refractivity contribution is -0.161. The Morgan fingerprint density at radius 3 is 0.778 bits per heavy atom. The number of aliphatic hydroxyl groups is 1. The van der Waals surface area contributed by atoms with Gasteiger partial charge in [-0.2, -0.15) is 0 Å². The van der Waals surface area contributed by atoms with E-state index >= 15 is 0 Å². The normalized spacial score (nSPS) is 14.5. The van der Waals surface area contributed by atoms with Crippen molar-refractivity contribution >= 4 is 39.5 Å². The fourth-order valence-electron chi connectivity index (χ4n) is 11.2. The summed E-state index contributed by atoms with van der Waals surface area (Å²) in [4.78, 5) is 73.2. The van der Waals surface area contributed by atoms with Gasteiger partial charge in [0, 0.05) is 25.7 Å². The molecule has 0 rings (SSSR count). The van der Waals surface area contributed by atoms with Crippen molar-refractivity contribution in [2.45, 2.75) is 367 Å². The molecule has 0 aromatic rings. The Kier molecular flexibility index (Phi) is 76.7. The van der Waals surface area contributed by atoms with Gasteiger partial charge in [0.1, 0.15) is 19.3 Å². The number of unbranched alkanes of at least 4 members (excludes halogenated alkanes) is 31. The minimum Gasteiger partial charge on any atom is -0.462 e. The zero-order valence-electron chi connectivity index (χ0n) is 68.0. The number of phosphoric ester groups is 2. The van der Waals surface area contributed by atoms with Crippen molar-refractivity contribution < 1.29 is 80.2 Å². The summed E-state index contributed by atoms with van der Waals surface area (Å²) in [6.07, 6.45) is 91.3. The molecule has 0 amide bonds. The van der Waals surface area contributed by atoms with Crippen molar-refractivity contribution in [1.82, 2.24) is 0 Å². The number of carbonyl (C=O) groups is 4. The number of esters is 4. The average Bonchev–Trinajstić information content (AvgIpc) is 0.923. The molecule has 0 aromatic heterocycles. The Hall–Kier alpha value is -4.80. The smallest absolute Gasteiger partial charge is 0.462 e. The minimum absolute atomic E-state index is 0.0364. The maximum absolute atomic E-state index is 13.1. The summed E-state index contributed by atoms with van der Waals surface area (Å²) in [7, 11) is -9.99. The zero-order valence-corrected chi connectivity index (χ0v) is 69.8. The SMILES string of the molecule is CC/C=C\C/C=C\C/C=C\C/C=C\CCCCCCCCC(=O)OCC(COP(=O)(O)OCC(O)COP(=O)(O)OCC(COC(=O)CCCCCCCC/C=C\C/C=C\C/C=C\CCCCC)OC(=O)CCCCCCCCCCCCCCCCC)OC(=O)CCCC/C=C\C/C=C\C/C=C\C/C=C\CC. The maximum Gasteiger partial charge on any atom is 0.472 e. The summed E-state index contributed by atoms with van der Waals surface area (Å²) >= 11 is 0. The molecule has 5 atom stereocenters. The van der Waals surface area contributed by atoms with Crippen molar-refractivity contribution in [1.29, 1.82) is 0 Å². The van der Waals surface area contributed by atoms with Gasteiger partial charge in [-0.25, -0.2) is 9.13 Å². The van der Waals surface area contributed by atoms with Crippen molar-refractivity contribution in [3.05, 3.63) is 134 Å². The lowest BCUT2D eigenvalue weighted by atomic mass is 10.0. The number of hydrogen-bond acceptors (Lipinski definition) is 15. The van der Waals surface area contributed by atoms with Crippen LogP contribution in [0.15, 0.2) is 134 Å². The number of ether oxygens (including phenoxy) is 4. The fraction of sp³-hybridized carbons (Fsp3) is 0.708. The maximum atomic E-state index is 13.1. The lowest BCUT2D eigenvalue weighted by Gasteiger charge is -2.21. The zero-order chi connectivity index (χ0) is 78.9. The second-order valence-electron chi connectivity index (χ2n) is 28.0. The summed E-state index contributed by atoms with van der Waals surface area (Å²) in [5.74, 6) is -2.24. The van der Waals surface area contributed by atoms with Crippen LogP contribution in [0.4, 0.5) is 0 Å². The summed E-state index contributed by atoms with van der Waals surface area (Å²) in [5.41, 5.74) is 0. The molecule has 0 bridgehead atoms. The molecule has 0 fully saturated rings. The molecule has 108 heavy (non-hydrogen) atoms. The number of rotatable bonds is 79. The van der Waals surface area contributed by atoms with E-state index in [0.717, 1.165) is 180 Å². The summed E-state index contributed by atoms with van der Waals surface area (Å²) < 4.78 is 68.7. The van der Waals surface area contributed by atoms with Gasteiger partial charge < -0.3 is 33.8 Å². The third kappa shape index (κ3) is 79.3. The van der Waals surface area contributed by atoms with E-state index in [2.05, 4.69) is 161 Å². The van der Waals surface area contributed by atoms with Gasteiger partial charge in [-0.1, -0.05) is 315 Å². The van der Waals surface area contributed by atoms with Crippen LogP contribution in [0.2, 0.25) is 0 Å². The van der Waals surface area contributed by atoms with Gasteiger partial charge >= 0.3 is 39.5 Å². The number of phosphoric acid groups is 2.